The Balaban J connectivity index is 2.38. The fraction of sp³-hybridized carbons (Fsp3) is 0.455. The zero-order chi connectivity index (χ0) is 11.7. The van der Waals surface area contributed by atoms with Crippen molar-refractivity contribution in [2.45, 2.75) is 26.0 Å². The predicted octanol–water partition coefficient (Wildman–Crippen LogP) is 1.28. The lowest BCUT2D eigenvalue weighted by Gasteiger charge is -2.16. The fourth-order valence-corrected chi connectivity index (χ4v) is 1.73. The zero-order valence-electron chi connectivity index (χ0n) is 9.70. The van der Waals surface area contributed by atoms with Crippen LogP contribution in [-0.4, -0.2) is 24.2 Å². The molecule has 86 valence electrons. The molecule has 0 aliphatic heterocycles. The zero-order valence-corrected chi connectivity index (χ0v) is 9.70. The number of aliphatic hydroxyl groups is 1. The van der Waals surface area contributed by atoms with Crippen molar-refractivity contribution in [3.63, 3.8) is 0 Å². The third-order valence-electron chi connectivity index (χ3n) is 2.64. The average molecular weight is 220 g/mol. The van der Waals surface area contributed by atoms with Crippen LogP contribution in [0.2, 0.25) is 0 Å². The summed E-state index contributed by atoms with van der Waals surface area (Å²) in [6, 6.07) is 0.271. The van der Waals surface area contributed by atoms with E-state index in [2.05, 4.69) is 23.8 Å². The first-order chi connectivity index (χ1) is 7.61. The third kappa shape index (κ3) is 1.74. The van der Waals surface area contributed by atoms with Gasteiger partial charge in [-0.3, -0.25) is 0 Å². The van der Waals surface area contributed by atoms with Crippen LogP contribution in [0.1, 0.15) is 37.5 Å². The van der Waals surface area contributed by atoms with Gasteiger partial charge in [-0.2, -0.15) is 0 Å². The van der Waals surface area contributed by atoms with Crippen LogP contribution in [0, 0.1) is 0 Å². The van der Waals surface area contributed by atoms with E-state index in [-0.39, 0.29) is 6.04 Å². The van der Waals surface area contributed by atoms with Crippen LogP contribution >= 0.6 is 0 Å². The normalized spacial score (nSPS) is 13.3. The Morgan fingerprint density at radius 3 is 2.69 bits per heavy atom. The van der Waals surface area contributed by atoms with Crippen molar-refractivity contribution in [2.24, 2.45) is 7.05 Å². The van der Waals surface area contributed by atoms with E-state index in [1.165, 1.54) is 0 Å². The Bertz CT molecular complexity index is 472. The summed E-state index contributed by atoms with van der Waals surface area (Å²) in [7, 11) is 1.86. The van der Waals surface area contributed by atoms with Gasteiger partial charge >= 0.3 is 0 Å². The van der Waals surface area contributed by atoms with E-state index in [1.807, 2.05) is 22.4 Å². The van der Waals surface area contributed by atoms with E-state index < -0.39 is 6.10 Å². The quantitative estimate of drug-likeness (QED) is 0.847. The second kappa shape index (κ2) is 4.09. The molecule has 1 atom stereocenters. The third-order valence-corrected chi connectivity index (χ3v) is 2.64. The summed E-state index contributed by atoms with van der Waals surface area (Å²) in [5.41, 5.74) is 0.768. The van der Waals surface area contributed by atoms with Gasteiger partial charge in [0.1, 0.15) is 5.82 Å². The topological polar surface area (TPSA) is 55.9 Å². The molecule has 16 heavy (non-hydrogen) atoms. The molecule has 2 aromatic heterocycles. The van der Waals surface area contributed by atoms with Gasteiger partial charge in [-0.05, 0) is 13.8 Å². The van der Waals surface area contributed by atoms with Gasteiger partial charge in [0, 0.05) is 25.5 Å². The largest absolute Gasteiger partial charge is 0.379 e. The Morgan fingerprint density at radius 2 is 2.12 bits per heavy atom. The molecule has 0 bridgehead atoms. The number of nitrogens with zero attached hydrogens (tertiary/aromatic N) is 4. The first-order valence-corrected chi connectivity index (χ1v) is 5.28. The molecule has 0 aliphatic carbocycles. The number of aliphatic hydroxyl groups excluding tert-OH is 1. The second-order valence-electron chi connectivity index (χ2n) is 4.12. The van der Waals surface area contributed by atoms with Crippen LogP contribution in [0.5, 0.6) is 0 Å². The first-order valence-electron chi connectivity index (χ1n) is 5.28. The Labute approximate surface area is 94.4 Å². The molecule has 1 unspecified atom stereocenters. The maximum Gasteiger partial charge on any atom is 0.153 e. The van der Waals surface area contributed by atoms with Crippen molar-refractivity contribution in [1.29, 1.82) is 0 Å². The second-order valence-corrected chi connectivity index (χ2v) is 4.12. The minimum atomic E-state index is -0.732. The van der Waals surface area contributed by atoms with E-state index in [0.717, 1.165) is 5.69 Å². The van der Waals surface area contributed by atoms with Crippen LogP contribution in [-0.2, 0) is 7.05 Å². The molecule has 2 rings (SSSR count). The minimum Gasteiger partial charge on any atom is -0.379 e. The van der Waals surface area contributed by atoms with Crippen molar-refractivity contribution < 1.29 is 5.11 Å². The first kappa shape index (κ1) is 10.9. The van der Waals surface area contributed by atoms with Gasteiger partial charge in [0.15, 0.2) is 6.10 Å². The Kier molecular flexibility index (Phi) is 2.78. The van der Waals surface area contributed by atoms with Crippen molar-refractivity contribution >= 4 is 0 Å². The van der Waals surface area contributed by atoms with Gasteiger partial charge < -0.3 is 14.2 Å². The van der Waals surface area contributed by atoms with E-state index in [4.69, 9.17) is 0 Å². The number of hydrogen-bond acceptors (Lipinski definition) is 3. The molecule has 2 heterocycles. The van der Waals surface area contributed by atoms with Crippen molar-refractivity contribution in [2.75, 3.05) is 0 Å². The molecule has 0 fully saturated rings. The van der Waals surface area contributed by atoms with Gasteiger partial charge in [0.2, 0.25) is 0 Å². The molecule has 5 heteroatoms. The maximum absolute atomic E-state index is 10.2. The maximum atomic E-state index is 10.2. The SMILES string of the molecule is CC(C)n1cncc1C(O)c1nccn1C. The highest BCUT2D eigenvalue weighted by Gasteiger charge is 2.19. The number of imidazole rings is 2. The summed E-state index contributed by atoms with van der Waals surface area (Å²) >= 11 is 0. The highest BCUT2D eigenvalue weighted by molar-refractivity contribution is 5.14. The van der Waals surface area contributed by atoms with Gasteiger partial charge in [0.25, 0.3) is 0 Å². The molecule has 0 saturated carbocycles. The van der Waals surface area contributed by atoms with Crippen molar-refractivity contribution in [3.8, 4) is 0 Å². The summed E-state index contributed by atoms with van der Waals surface area (Å²) < 4.78 is 3.75. The average Bonchev–Trinajstić information content (AvgIpc) is 2.84. The molecule has 0 saturated heterocycles. The monoisotopic (exact) mass is 220 g/mol. The van der Waals surface area contributed by atoms with Crippen LogP contribution < -0.4 is 0 Å². The van der Waals surface area contributed by atoms with E-state index in [0.29, 0.717) is 5.82 Å². The predicted molar refractivity (Wildman–Crippen MR) is 59.9 cm³/mol. The van der Waals surface area contributed by atoms with Crippen molar-refractivity contribution in [1.82, 2.24) is 19.1 Å². The summed E-state index contributed by atoms with van der Waals surface area (Å²) in [5, 5.41) is 10.2. The smallest absolute Gasteiger partial charge is 0.153 e. The molecule has 0 aromatic carbocycles. The molecule has 5 nitrogen and oxygen atoms in total. The molecule has 0 amide bonds. The molecule has 1 N–H and O–H groups in total. The molecular formula is C11H16N4O. The van der Waals surface area contributed by atoms with Crippen LogP contribution in [0.15, 0.2) is 24.9 Å². The van der Waals surface area contributed by atoms with Gasteiger partial charge in [-0.1, -0.05) is 0 Å². The van der Waals surface area contributed by atoms with Crippen LogP contribution in [0.25, 0.3) is 0 Å². The van der Waals surface area contributed by atoms with Gasteiger partial charge in [-0.15, -0.1) is 0 Å². The number of hydrogen-bond donors (Lipinski definition) is 1. The Morgan fingerprint density at radius 1 is 1.38 bits per heavy atom. The molecule has 0 spiro atoms. The minimum absolute atomic E-state index is 0.271. The van der Waals surface area contributed by atoms with Crippen LogP contribution in [0.4, 0.5) is 0 Å². The molecule has 0 aliphatic rings. The molecule has 0 radical (unpaired) electrons. The highest BCUT2D eigenvalue weighted by Crippen LogP contribution is 2.22. The summed E-state index contributed by atoms with van der Waals surface area (Å²) in [6.45, 7) is 4.10. The van der Waals surface area contributed by atoms with E-state index in [1.54, 1.807) is 18.7 Å². The fourth-order valence-electron chi connectivity index (χ4n) is 1.73. The van der Waals surface area contributed by atoms with Crippen LogP contribution in [0.3, 0.4) is 0 Å². The lowest BCUT2D eigenvalue weighted by Crippen LogP contribution is -2.13. The summed E-state index contributed by atoms with van der Waals surface area (Å²) in [5.74, 6) is 0.627. The summed E-state index contributed by atoms with van der Waals surface area (Å²) in [4.78, 5) is 8.21. The number of aromatic nitrogens is 4. The lowest BCUT2D eigenvalue weighted by atomic mass is 10.2. The highest BCUT2D eigenvalue weighted by atomic mass is 16.3. The lowest BCUT2D eigenvalue weighted by molar-refractivity contribution is 0.194. The summed E-state index contributed by atoms with van der Waals surface area (Å²) in [6.07, 6.45) is 6.17. The Hall–Kier alpha value is -1.62. The molecule has 2 aromatic rings. The van der Waals surface area contributed by atoms with E-state index >= 15 is 0 Å². The van der Waals surface area contributed by atoms with Gasteiger partial charge in [0.05, 0.1) is 18.2 Å². The standard InChI is InChI=1S/C11H16N4O/c1-8(2)15-7-12-6-9(15)10(16)11-13-4-5-14(11)3/h4-8,10,16H,1-3H3. The number of rotatable bonds is 3. The van der Waals surface area contributed by atoms with Crippen molar-refractivity contribution in [3.05, 3.63) is 36.4 Å². The van der Waals surface area contributed by atoms with Gasteiger partial charge in [-0.25, -0.2) is 9.97 Å². The molecular weight excluding hydrogens is 204 g/mol. The van der Waals surface area contributed by atoms with E-state index in [9.17, 15) is 5.11 Å². The number of aryl methyl sites for hydroxylation is 1.